The molecule has 0 fully saturated rings. The number of hydrogen-bond donors (Lipinski definition) is 2. The van der Waals surface area contributed by atoms with Crippen LogP contribution in [0.3, 0.4) is 0 Å². The Morgan fingerprint density at radius 2 is 2.00 bits per heavy atom. The normalized spacial score (nSPS) is 10.6. The second-order valence-corrected chi connectivity index (χ2v) is 7.22. The number of rotatable bonds is 7. The molecule has 3 aromatic rings. The molecule has 9 heteroatoms. The number of amides is 1. The molecule has 0 spiro atoms. The van der Waals surface area contributed by atoms with E-state index in [1.54, 1.807) is 48.5 Å². The molecule has 0 aliphatic carbocycles. The molecule has 0 aliphatic rings. The number of carbonyl (C=O) groups excluding carboxylic acids is 1. The second-order valence-electron chi connectivity index (χ2n) is 5.84. The van der Waals surface area contributed by atoms with Gasteiger partial charge in [-0.1, -0.05) is 29.4 Å². The van der Waals surface area contributed by atoms with Gasteiger partial charge >= 0.3 is 0 Å². The molecule has 0 saturated heterocycles. The maximum atomic E-state index is 12.4. The highest BCUT2D eigenvalue weighted by atomic mass is 35.5. The molecular weight excluding hydrogens is 414 g/mol. The lowest BCUT2D eigenvalue weighted by atomic mass is 10.3. The quantitative estimate of drug-likeness (QED) is 0.437. The predicted molar refractivity (Wildman–Crippen MR) is 113 cm³/mol. The number of hydrogen-bond acceptors (Lipinski definition) is 6. The van der Waals surface area contributed by atoms with Crippen LogP contribution in [-0.2, 0) is 4.79 Å². The number of nitrogens with one attached hydrogen (secondary N) is 1. The van der Waals surface area contributed by atoms with Crippen molar-refractivity contribution in [1.29, 1.82) is 0 Å². The van der Waals surface area contributed by atoms with Crippen LogP contribution in [0.2, 0.25) is 5.02 Å². The van der Waals surface area contributed by atoms with E-state index in [-0.39, 0.29) is 16.8 Å². The second kappa shape index (κ2) is 9.49. The van der Waals surface area contributed by atoms with Crippen LogP contribution in [0, 0.1) is 0 Å². The van der Waals surface area contributed by atoms with Gasteiger partial charge in [-0.2, -0.15) is 4.98 Å². The summed E-state index contributed by atoms with van der Waals surface area (Å²) < 4.78 is 6.66. The van der Waals surface area contributed by atoms with E-state index in [1.165, 1.54) is 4.57 Å². The largest absolute Gasteiger partial charge is 0.494 e. The third-order valence-corrected chi connectivity index (χ3v) is 4.90. The van der Waals surface area contributed by atoms with Gasteiger partial charge in [-0.05, 0) is 49.4 Å². The standard InChI is InChI=1S/C20H18ClN3O4S/c1-2-28-16-8-6-14(7-9-16)22-18(26)12-29-20-23-17(25)11-19(27)24(20)15-5-3-4-13(21)10-15/h3-11,25H,2,12H2,1H3,(H,22,26). The van der Waals surface area contributed by atoms with E-state index in [9.17, 15) is 14.7 Å². The molecule has 0 saturated carbocycles. The number of anilines is 1. The Morgan fingerprint density at radius 1 is 1.24 bits per heavy atom. The number of benzene rings is 2. The Balaban J connectivity index is 1.74. The first-order valence-electron chi connectivity index (χ1n) is 8.71. The molecular formula is C20H18ClN3O4S. The minimum absolute atomic E-state index is 0.0102. The zero-order valence-corrected chi connectivity index (χ0v) is 17.0. The number of aromatic hydroxyl groups is 1. The molecule has 0 bridgehead atoms. The van der Waals surface area contributed by atoms with Gasteiger partial charge in [0.1, 0.15) is 5.75 Å². The lowest BCUT2D eigenvalue weighted by Crippen LogP contribution is -2.21. The summed E-state index contributed by atoms with van der Waals surface area (Å²) in [6.45, 7) is 2.46. The molecule has 2 N–H and O–H groups in total. The third-order valence-electron chi connectivity index (χ3n) is 3.72. The molecule has 7 nitrogen and oxygen atoms in total. The molecule has 2 aromatic carbocycles. The van der Waals surface area contributed by atoms with Crippen molar-refractivity contribution in [3.63, 3.8) is 0 Å². The Kier molecular flexibility index (Phi) is 6.79. The summed E-state index contributed by atoms with van der Waals surface area (Å²) in [5.41, 5.74) is 0.633. The van der Waals surface area contributed by atoms with Crippen LogP contribution in [-0.4, -0.2) is 32.9 Å². The lowest BCUT2D eigenvalue weighted by molar-refractivity contribution is -0.113. The van der Waals surface area contributed by atoms with Crippen LogP contribution in [0.15, 0.2) is 64.5 Å². The summed E-state index contributed by atoms with van der Waals surface area (Å²) in [7, 11) is 0. The molecule has 1 heterocycles. The van der Waals surface area contributed by atoms with Crippen LogP contribution in [0.5, 0.6) is 11.6 Å². The van der Waals surface area contributed by atoms with Crippen LogP contribution in [0.25, 0.3) is 5.69 Å². The zero-order chi connectivity index (χ0) is 20.8. The molecule has 0 radical (unpaired) electrons. The SMILES string of the molecule is CCOc1ccc(NC(=O)CSc2nc(O)cc(=O)n2-c2cccc(Cl)c2)cc1. The number of aromatic nitrogens is 2. The molecule has 29 heavy (non-hydrogen) atoms. The molecule has 150 valence electrons. The Bertz CT molecular complexity index is 1070. The van der Waals surface area contributed by atoms with Crippen molar-refractivity contribution in [3.05, 3.63) is 70.0 Å². The average molecular weight is 432 g/mol. The van der Waals surface area contributed by atoms with Crippen LogP contribution < -0.4 is 15.6 Å². The highest BCUT2D eigenvalue weighted by Gasteiger charge is 2.14. The van der Waals surface area contributed by atoms with Gasteiger partial charge in [-0.25, -0.2) is 0 Å². The highest BCUT2D eigenvalue weighted by Crippen LogP contribution is 2.22. The summed E-state index contributed by atoms with van der Waals surface area (Å²) in [5.74, 6) is 0.00963. The first kappa shape index (κ1) is 20.8. The van der Waals surface area contributed by atoms with Gasteiger partial charge in [0.25, 0.3) is 5.56 Å². The van der Waals surface area contributed by atoms with Gasteiger partial charge in [0.2, 0.25) is 11.8 Å². The topological polar surface area (TPSA) is 93.5 Å². The summed E-state index contributed by atoms with van der Waals surface area (Å²) in [5, 5.41) is 13.1. The van der Waals surface area contributed by atoms with Crippen molar-refractivity contribution < 1.29 is 14.6 Å². The van der Waals surface area contributed by atoms with E-state index in [0.29, 0.717) is 23.0 Å². The van der Waals surface area contributed by atoms with Crippen molar-refractivity contribution in [3.8, 4) is 17.3 Å². The molecule has 1 amide bonds. The van der Waals surface area contributed by atoms with Crippen molar-refractivity contribution in [1.82, 2.24) is 9.55 Å². The maximum absolute atomic E-state index is 12.4. The Hall–Kier alpha value is -2.97. The number of halogens is 1. The average Bonchev–Trinajstić information content (AvgIpc) is 2.67. The number of ether oxygens (including phenoxy) is 1. The minimum atomic E-state index is -0.478. The van der Waals surface area contributed by atoms with Crippen molar-refractivity contribution in [2.24, 2.45) is 0 Å². The fourth-order valence-electron chi connectivity index (χ4n) is 2.53. The van der Waals surface area contributed by atoms with Gasteiger partial charge < -0.3 is 15.2 Å². The Morgan fingerprint density at radius 3 is 2.69 bits per heavy atom. The fraction of sp³-hybridized carbons (Fsp3) is 0.150. The Labute approximate surface area is 176 Å². The van der Waals surface area contributed by atoms with E-state index in [1.807, 2.05) is 6.92 Å². The van der Waals surface area contributed by atoms with Crippen molar-refractivity contribution in [2.45, 2.75) is 12.1 Å². The van der Waals surface area contributed by atoms with E-state index in [0.717, 1.165) is 23.6 Å². The van der Waals surface area contributed by atoms with Gasteiger partial charge in [-0.3, -0.25) is 14.2 Å². The molecule has 1 aromatic heterocycles. The van der Waals surface area contributed by atoms with Gasteiger partial charge in [-0.15, -0.1) is 0 Å². The highest BCUT2D eigenvalue weighted by molar-refractivity contribution is 7.99. The summed E-state index contributed by atoms with van der Waals surface area (Å²) in [6.07, 6.45) is 0. The molecule has 0 unspecified atom stereocenters. The summed E-state index contributed by atoms with van der Waals surface area (Å²) >= 11 is 7.04. The van der Waals surface area contributed by atoms with E-state index >= 15 is 0 Å². The first-order valence-corrected chi connectivity index (χ1v) is 10.1. The summed E-state index contributed by atoms with van der Waals surface area (Å²) in [6, 6.07) is 14.7. The monoisotopic (exact) mass is 431 g/mol. The fourth-order valence-corrected chi connectivity index (χ4v) is 3.53. The van der Waals surface area contributed by atoms with E-state index < -0.39 is 11.4 Å². The van der Waals surface area contributed by atoms with Gasteiger partial charge in [0.05, 0.1) is 24.1 Å². The van der Waals surface area contributed by atoms with Crippen LogP contribution in [0.1, 0.15) is 6.92 Å². The molecule has 0 atom stereocenters. The van der Waals surface area contributed by atoms with E-state index in [4.69, 9.17) is 16.3 Å². The molecule has 0 aliphatic heterocycles. The minimum Gasteiger partial charge on any atom is -0.494 e. The predicted octanol–water partition coefficient (Wildman–Crippen LogP) is 3.72. The smallest absolute Gasteiger partial charge is 0.262 e. The first-order chi connectivity index (χ1) is 14.0. The third kappa shape index (κ3) is 5.52. The van der Waals surface area contributed by atoms with Crippen molar-refractivity contribution in [2.75, 3.05) is 17.7 Å². The van der Waals surface area contributed by atoms with Gasteiger partial charge in [0.15, 0.2) is 5.16 Å². The maximum Gasteiger partial charge on any atom is 0.262 e. The molecule has 3 rings (SSSR count). The number of carbonyl (C=O) groups is 1. The van der Waals surface area contributed by atoms with Crippen LogP contribution >= 0.6 is 23.4 Å². The number of thioether (sulfide) groups is 1. The number of nitrogens with zero attached hydrogens (tertiary/aromatic N) is 2. The van der Waals surface area contributed by atoms with Crippen molar-refractivity contribution >= 4 is 35.0 Å². The summed E-state index contributed by atoms with van der Waals surface area (Å²) in [4.78, 5) is 28.7. The van der Waals surface area contributed by atoms with Crippen LogP contribution in [0.4, 0.5) is 5.69 Å². The zero-order valence-electron chi connectivity index (χ0n) is 15.5. The van der Waals surface area contributed by atoms with E-state index in [2.05, 4.69) is 10.3 Å². The lowest BCUT2D eigenvalue weighted by Gasteiger charge is -2.12. The van der Waals surface area contributed by atoms with Gasteiger partial charge in [0, 0.05) is 10.7 Å².